The van der Waals surface area contributed by atoms with Crippen LogP contribution in [0.4, 0.5) is 0 Å². The molecule has 2 aromatic rings. The van der Waals surface area contributed by atoms with Crippen molar-refractivity contribution < 1.29 is 9.53 Å². The van der Waals surface area contributed by atoms with E-state index in [1.807, 2.05) is 42.8 Å². The lowest BCUT2D eigenvalue weighted by Crippen LogP contribution is -2.29. The van der Waals surface area contributed by atoms with Crippen molar-refractivity contribution >= 4 is 5.91 Å². The summed E-state index contributed by atoms with van der Waals surface area (Å²) in [6.07, 6.45) is 3.75. The molecular weight excluding hydrogens is 318 g/mol. The largest absolute Gasteiger partial charge is 0.494 e. The minimum absolute atomic E-state index is 0.142. The second-order valence-corrected chi connectivity index (χ2v) is 6.27. The summed E-state index contributed by atoms with van der Waals surface area (Å²) in [5, 5.41) is 14.5. The fourth-order valence-electron chi connectivity index (χ4n) is 3.02. The minimum atomic E-state index is -0.213. The summed E-state index contributed by atoms with van der Waals surface area (Å²) in [6.45, 7) is 6.45. The first-order valence-electron chi connectivity index (χ1n) is 8.83. The van der Waals surface area contributed by atoms with E-state index in [2.05, 4.69) is 20.9 Å². The van der Waals surface area contributed by atoms with Gasteiger partial charge in [0.15, 0.2) is 5.69 Å². The highest BCUT2D eigenvalue weighted by atomic mass is 16.5. The third-order valence-electron chi connectivity index (χ3n) is 4.44. The lowest BCUT2D eigenvalue weighted by atomic mass is 10.1. The van der Waals surface area contributed by atoms with Gasteiger partial charge in [0.25, 0.3) is 5.91 Å². The maximum absolute atomic E-state index is 12.5. The molecule has 0 bridgehead atoms. The first-order valence-corrected chi connectivity index (χ1v) is 8.83. The molecule has 1 aromatic carbocycles. The van der Waals surface area contributed by atoms with Crippen LogP contribution < -0.4 is 15.4 Å². The average molecular weight is 343 g/mol. The highest BCUT2D eigenvalue weighted by molar-refractivity contribution is 5.92. The number of hydrogen-bond acceptors (Lipinski definition) is 5. The Labute approximate surface area is 147 Å². The van der Waals surface area contributed by atoms with Gasteiger partial charge in [-0.2, -0.15) is 0 Å². The number of carbonyl (C=O) groups excluding carboxylic acids is 1. The fraction of sp³-hybridized carbons (Fsp3) is 0.500. The van der Waals surface area contributed by atoms with Crippen molar-refractivity contribution in [2.45, 2.75) is 38.8 Å². The molecule has 1 aliphatic heterocycles. The van der Waals surface area contributed by atoms with Crippen molar-refractivity contribution in [1.82, 2.24) is 25.6 Å². The van der Waals surface area contributed by atoms with Gasteiger partial charge < -0.3 is 15.4 Å². The lowest BCUT2D eigenvalue weighted by molar-refractivity contribution is 0.0934. The molecule has 0 aliphatic carbocycles. The SMILES string of the molecule is CCOc1cccc(C(C)NC(=O)c2cn(C3CCNCC3)nn2)c1. The normalized spacial score (nSPS) is 16.4. The Hall–Kier alpha value is -2.41. The van der Waals surface area contributed by atoms with Crippen LogP contribution >= 0.6 is 0 Å². The van der Waals surface area contributed by atoms with Gasteiger partial charge in [0, 0.05) is 0 Å². The van der Waals surface area contributed by atoms with Gasteiger partial charge >= 0.3 is 0 Å². The van der Waals surface area contributed by atoms with E-state index in [9.17, 15) is 4.79 Å². The zero-order valence-electron chi connectivity index (χ0n) is 14.7. The van der Waals surface area contributed by atoms with E-state index in [1.54, 1.807) is 6.20 Å². The molecule has 1 saturated heterocycles. The highest BCUT2D eigenvalue weighted by Crippen LogP contribution is 2.20. The van der Waals surface area contributed by atoms with Crippen molar-refractivity contribution in [2.75, 3.05) is 19.7 Å². The van der Waals surface area contributed by atoms with Crippen LogP contribution in [-0.4, -0.2) is 40.6 Å². The minimum Gasteiger partial charge on any atom is -0.494 e. The molecule has 7 nitrogen and oxygen atoms in total. The van der Waals surface area contributed by atoms with Gasteiger partial charge in [0.2, 0.25) is 0 Å². The van der Waals surface area contributed by atoms with Crippen LogP contribution in [0.25, 0.3) is 0 Å². The number of ether oxygens (including phenoxy) is 1. The van der Waals surface area contributed by atoms with Crippen LogP contribution in [0.5, 0.6) is 5.75 Å². The number of piperidine rings is 1. The number of carbonyl (C=O) groups is 1. The summed E-state index contributed by atoms with van der Waals surface area (Å²) in [5.74, 6) is 0.590. The molecule has 0 radical (unpaired) electrons. The number of nitrogens with one attached hydrogen (secondary N) is 2. The van der Waals surface area contributed by atoms with E-state index in [-0.39, 0.29) is 11.9 Å². The summed E-state index contributed by atoms with van der Waals surface area (Å²) in [7, 11) is 0. The van der Waals surface area contributed by atoms with Gasteiger partial charge in [0.05, 0.1) is 24.9 Å². The zero-order valence-corrected chi connectivity index (χ0v) is 14.7. The fourth-order valence-corrected chi connectivity index (χ4v) is 3.02. The quantitative estimate of drug-likeness (QED) is 0.839. The van der Waals surface area contributed by atoms with Crippen LogP contribution in [0.2, 0.25) is 0 Å². The summed E-state index contributed by atoms with van der Waals surface area (Å²) >= 11 is 0. The molecule has 1 unspecified atom stereocenters. The first kappa shape index (κ1) is 17.4. The Morgan fingerprint density at radius 3 is 3.00 bits per heavy atom. The molecule has 0 saturated carbocycles. The number of nitrogens with zero attached hydrogens (tertiary/aromatic N) is 3. The molecule has 2 N–H and O–H groups in total. The zero-order chi connectivity index (χ0) is 17.6. The van der Waals surface area contributed by atoms with Crippen LogP contribution in [0.1, 0.15) is 54.8 Å². The number of rotatable bonds is 6. The van der Waals surface area contributed by atoms with E-state index >= 15 is 0 Å². The van der Waals surface area contributed by atoms with Crippen molar-refractivity contribution in [2.24, 2.45) is 0 Å². The van der Waals surface area contributed by atoms with Crippen LogP contribution in [-0.2, 0) is 0 Å². The van der Waals surface area contributed by atoms with E-state index in [1.165, 1.54) is 0 Å². The van der Waals surface area contributed by atoms with Gasteiger partial charge in [-0.25, -0.2) is 4.68 Å². The summed E-state index contributed by atoms with van der Waals surface area (Å²) < 4.78 is 7.33. The van der Waals surface area contributed by atoms with E-state index in [0.29, 0.717) is 18.3 Å². The number of benzene rings is 1. The predicted molar refractivity (Wildman–Crippen MR) is 94.7 cm³/mol. The maximum atomic E-state index is 12.5. The van der Waals surface area contributed by atoms with Crippen molar-refractivity contribution in [3.05, 3.63) is 41.7 Å². The average Bonchev–Trinajstić information content (AvgIpc) is 3.13. The lowest BCUT2D eigenvalue weighted by Gasteiger charge is -2.22. The second kappa shape index (κ2) is 8.11. The number of hydrogen-bond donors (Lipinski definition) is 2. The molecule has 3 rings (SSSR count). The topological polar surface area (TPSA) is 81.1 Å². The van der Waals surface area contributed by atoms with Crippen LogP contribution in [0, 0.1) is 0 Å². The Morgan fingerprint density at radius 1 is 1.44 bits per heavy atom. The molecule has 134 valence electrons. The smallest absolute Gasteiger partial charge is 0.273 e. The van der Waals surface area contributed by atoms with Crippen LogP contribution in [0.3, 0.4) is 0 Å². The molecule has 0 spiro atoms. The van der Waals surface area contributed by atoms with Crippen molar-refractivity contribution in [3.8, 4) is 5.75 Å². The summed E-state index contributed by atoms with van der Waals surface area (Å²) in [6, 6.07) is 7.93. The summed E-state index contributed by atoms with van der Waals surface area (Å²) in [5.41, 5.74) is 1.34. The van der Waals surface area contributed by atoms with Crippen molar-refractivity contribution in [3.63, 3.8) is 0 Å². The van der Waals surface area contributed by atoms with Gasteiger partial charge in [-0.1, -0.05) is 17.3 Å². The Bertz CT molecular complexity index is 709. The molecular formula is C18H25N5O2. The third-order valence-corrected chi connectivity index (χ3v) is 4.44. The van der Waals surface area contributed by atoms with E-state index in [0.717, 1.165) is 37.2 Å². The first-order chi connectivity index (χ1) is 12.2. The predicted octanol–water partition coefficient (Wildman–Crippen LogP) is 2.09. The number of aromatic nitrogens is 3. The molecule has 1 aromatic heterocycles. The Balaban J connectivity index is 1.63. The Kier molecular flexibility index (Phi) is 5.65. The molecule has 1 aliphatic rings. The molecule has 1 amide bonds. The van der Waals surface area contributed by atoms with Crippen molar-refractivity contribution in [1.29, 1.82) is 0 Å². The van der Waals surface area contributed by atoms with Gasteiger partial charge in [-0.3, -0.25) is 4.79 Å². The van der Waals surface area contributed by atoms with Crippen LogP contribution in [0.15, 0.2) is 30.5 Å². The standard InChI is InChI=1S/C18H25N5O2/c1-3-25-16-6-4-5-14(11-16)13(2)20-18(24)17-12-23(22-21-17)15-7-9-19-10-8-15/h4-6,11-13,15,19H,3,7-10H2,1-2H3,(H,20,24). The molecule has 7 heteroatoms. The monoisotopic (exact) mass is 343 g/mol. The maximum Gasteiger partial charge on any atom is 0.273 e. The van der Waals surface area contributed by atoms with E-state index in [4.69, 9.17) is 4.74 Å². The molecule has 1 fully saturated rings. The molecule has 2 heterocycles. The van der Waals surface area contributed by atoms with Gasteiger partial charge in [-0.15, -0.1) is 5.10 Å². The van der Waals surface area contributed by atoms with Gasteiger partial charge in [0.1, 0.15) is 5.75 Å². The second-order valence-electron chi connectivity index (χ2n) is 6.27. The molecule has 1 atom stereocenters. The Morgan fingerprint density at radius 2 is 2.24 bits per heavy atom. The summed E-state index contributed by atoms with van der Waals surface area (Å²) in [4.78, 5) is 12.5. The third kappa shape index (κ3) is 4.36. The molecule has 25 heavy (non-hydrogen) atoms. The highest BCUT2D eigenvalue weighted by Gasteiger charge is 2.20. The van der Waals surface area contributed by atoms with Gasteiger partial charge in [-0.05, 0) is 57.5 Å². The van der Waals surface area contributed by atoms with E-state index < -0.39 is 0 Å². The number of amides is 1.